The van der Waals surface area contributed by atoms with E-state index in [4.69, 9.17) is 0 Å². The Labute approximate surface area is 118 Å². The largest absolute Gasteiger partial charge is 0.313 e. The molecule has 1 aromatic carbocycles. The van der Waals surface area contributed by atoms with Crippen molar-refractivity contribution in [1.82, 2.24) is 10.2 Å². The molecule has 1 heterocycles. The predicted molar refractivity (Wildman–Crippen MR) is 82.5 cm³/mol. The van der Waals surface area contributed by atoms with Gasteiger partial charge in [0.15, 0.2) is 0 Å². The molecular formula is C17H28N2. The highest BCUT2D eigenvalue weighted by molar-refractivity contribution is 5.30. The highest BCUT2D eigenvalue weighted by Gasteiger charge is 2.17. The van der Waals surface area contributed by atoms with Crippen molar-refractivity contribution in [2.75, 3.05) is 19.6 Å². The second kappa shape index (κ2) is 7.06. The Morgan fingerprint density at radius 3 is 2.95 bits per heavy atom. The second-order valence-electron chi connectivity index (χ2n) is 5.96. The van der Waals surface area contributed by atoms with E-state index in [0.29, 0.717) is 6.04 Å². The SMILES string of the molecule is CCCC1CN(Cc2cc(C)ccc2C)CCCN1. The van der Waals surface area contributed by atoms with Gasteiger partial charge in [-0.25, -0.2) is 0 Å². The van der Waals surface area contributed by atoms with Gasteiger partial charge in [0.25, 0.3) is 0 Å². The number of nitrogens with zero attached hydrogens (tertiary/aromatic N) is 1. The topological polar surface area (TPSA) is 15.3 Å². The van der Waals surface area contributed by atoms with Gasteiger partial charge in [-0.1, -0.05) is 37.1 Å². The number of hydrogen-bond acceptors (Lipinski definition) is 2. The van der Waals surface area contributed by atoms with Gasteiger partial charge in [-0.05, 0) is 50.9 Å². The van der Waals surface area contributed by atoms with Crippen LogP contribution < -0.4 is 5.32 Å². The maximum Gasteiger partial charge on any atom is 0.0237 e. The first-order valence-corrected chi connectivity index (χ1v) is 7.71. The van der Waals surface area contributed by atoms with Crippen LogP contribution in [-0.2, 0) is 6.54 Å². The molecule has 1 saturated heterocycles. The third kappa shape index (κ3) is 4.32. The molecule has 2 rings (SSSR count). The van der Waals surface area contributed by atoms with Crippen molar-refractivity contribution in [2.24, 2.45) is 0 Å². The van der Waals surface area contributed by atoms with Gasteiger partial charge in [0.05, 0.1) is 0 Å². The summed E-state index contributed by atoms with van der Waals surface area (Å²) in [5, 5.41) is 3.68. The van der Waals surface area contributed by atoms with Crippen LogP contribution in [0.5, 0.6) is 0 Å². The molecule has 0 aromatic heterocycles. The fourth-order valence-electron chi connectivity index (χ4n) is 2.97. The van der Waals surface area contributed by atoms with Crippen LogP contribution in [-0.4, -0.2) is 30.6 Å². The van der Waals surface area contributed by atoms with E-state index in [9.17, 15) is 0 Å². The first kappa shape index (κ1) is 14.5. The molecule has 106 valence electrons. The fraction of sp³-hybridized carbons (Fsp3) is 0.647. The third-order valence-electron chi connectivity index (χ3n) is 4.10. The molecule has 1 N–H and O–H groups in total. The standard InChI is InChI=1S/C17H28N2/c1-4-6-17-13-19(10-5-9-18-17)12-16-11-14(2)7-8-15(16)3/h7-8,11,17-18H,4-6,9-10,12-13H2,1-3H3. The van der Waals surface area contributed by atoms with E-state index in [1.165, 1.54) is 55.6 Å². The van der Waals surface area contributed by atoms with Crippen LogP contribution in [0.15, 0.2) is 18.2 Å². The van der Waals surface area contributed by atoms with Gasteiger partial charge >= 0.3 is 0 Å². The summed E-state index contributed by atoms with van der Waals surface area (Å²) in [7, 11) is 0. The minimum atomic E-state index is 0.678. The van der Waals surface area contributed by atoms with Crippen LogP contribution >= 0.6 is 0 Å². The summed E-state index contributed by atoms with van der Waals surface area (Å²) in [6, 6.07) is 7.49. The lowest BCUT2D eigenvalue weighted by molar-refractivity contribution is 0.254. The summed E-state index contributed by atoms with van der Waals surface area (Å²) in [6.07, 6.45) is 3.84. The van der Waals surface area contributed by atoms with Gasteiger partial charge in [0.2, 0.25) is 0 Å². The first-order chi connectivity index (χ1) is 9.19. The van der Waals surface area contributed by atoms with Crippen molar-refractivity contribution < 1.29 is 0 Å². The molecule has 2 heteroatoms. The normalized spacial score (nSPS) is 21.3. The van der Waals surface area contributed by atoms with Crippen molar-refractivity contribution in [3.05, 3.63) is 34.9 Å². The quantitative estimate of drug-likeness (QED) is 0.894. The zero-order valence-electron chi connectivity index (χ0n) is 12.7. The lowest BCUT2D eigenvalue weighted by Crippen LogP contribution is -2.37. The van der Waals surface area contributed by atoms with E-state index in [2.05, 4.69) is 49.2 Å². The van der Waals surface area contributed by atoms with Crippen LogP contribution in [0.1, 0.15) is 42.9 Å². The molecule has 0 saturated carbocycles. The summed E-state index contributed by atoms with van der Waals surface area (Å²) < 4.78 is 0. The molecule has 0 radical (unpaired) electrons. The van der Waals surface area contributed by atoms with Crippen molar-refractivity contribution in [2.45, 2.75) is 52.6 Å². The number of nitrogens with one attached hydrogen (secondary N) is 1. The third-order valence-corrected chi connectivity index (χ3v) is 4.10. The summed E-state index contributed by atoms with van der Waals surface area (Å²) >= 11 is 0. The number of aryl methyl sites for hydroxylation is 2. The molecule has 1 aromatic rings. The molecule has 1 atom stereocenters. The Balaban J connectivity index is 2.02. The van der Waals surface area contributed by atoms with Crippen LogP contribution in [0.2, 0.25) is 0 Å². The summed E-state index contributed by atoms with van der Waals surface area (Å²) in [6.45, 7) is 11.4. The number of hydrogen-bond donors (Lipinski definition) is 1. The van der Waals surface area contributed by atoms with Gasteiger partial charge in [-0.3, -0.25) is 4.90 Å². The van der Waals surface area contributed by atoms with Crippen molar-refractivity contribution in [3.63, 3.8) is 0 Å². The Hall–Kier alpha value is -0.860. The fourth-order valence-corrected chi connectivity index (χ4v) is 2.97. The van der Waals surface area contributed by atoms with Gasteiger partial charge in [-0.15, -0.1) is 0 Å². The summed E-state index contributed by atoms with van der Waals surface area (Å²) in [5.41, 5.74) is 4.30. The van der Waals surface area contributed by atoms with Crippen LogP contribution in [0, 0.1) is 13.8 Å². The molecule has 2 nitrogen and oxygen atoms in total. The number of rotatable bonds is 4. The predicted octanol–water partition coefficient (Wildman–Crippen LogP) is 3.27. The zero-order valence-corrected chi connectivity index (χ0v) is 12.7. The summed E-state index contributed by atoms with van der Waals surface area (Å²) in [4.78, 5) is 2.63. The van der Waals surface area contributed by atoms with Crippen molar-refractivity contribution in [3.8, 4) is 0 Å². The van der Waals surface area contributed by atoms with Crippen LogP contribution in [0.3, 0.4) is 0 Å². The molecule has 1 unspecified atom stereocenters. The van der Waals surface area contributed by atoms with Crippen molar-refractivity contribution >= 4 is 0 Å². The van der Waals surface area contributed by atoms with Gasteiger partial charge in [0, 0.05) is 19.1 Å². The highest BCUT2D eigenvalue weighted by atomic mass is 15.2. The van der Waals surface area contributed by atoms with Gasteiger partial charge in [-0.2, -0.15) is 0 Å². The number of benzene rings is 1. The van der Waals surface area contributed by atoms with E-state index in [1.807, 2.05) is 0 Å². The van der Waals surface area contributed by atoms with E-state index >= 15 is 0 Å². The minimum Gasteiger partial charge on any atom is -0.313 e. The first-order valence-electron chi connectivity index (χ1n) is 7.71. The average molecular weight is 260 g/mol. The van der Waals surface area contributed by atoms with Gasteiger partial charge < -0.3 is 5.32 Å². The second-order valence-corrected chi connectivity index (χ2v) is 5.96. The molecule has 1 aliphatic rings. The molecule has 1 aliphatic heterocycles. The minimum absolute atomic E-state index is 0.678. The Bertz CT molecular complexity index is 400. The Morgan fingerprint density at radius 1 is 1.32 bits per heavy atom. The maximum absolute atomic E-state index is 3.68. The van der Waals surface area contributed by atoms with Crippen molar-refractivity contribution in [1.29, 1.82) is 0 Å². The molecule has 0 aliphatic carbocycles. The molecule has 19 heavy (non-hydrogen) atoms. The van der Waals surface area contributed by atoms with E-state index in [1.54, 1.807) is 0 Å². The van der Waals surface area contributed by atoms with Gasteiger partial charge in [0.1, 0.15) is 0 Å². The van der Waals surface area contributed by atoms with E-state index in [0.717, 1.165) is 6.54 Å². The van der Waals surface area contributed by atoms with E-state index < -0.39 is 0 Å². The highest BCUT2D eigenvalue weighted by Crippen LogP contribution is 2.15. The molecular weight excluding hydrogens is 232 g/mol. The molecule has 0 amide bonds. The monoisotopic (exact) mass is 260 g/mol. The Kier molecular flexibility index (Phi) is 5.41. The maximum atomic E-state index is 3.68. The van der Waals surface area contributed by atoms with Crippen LogP contribution in [0.4, 0.5) is 0 Å². The lowest BCUT2D eigenvalue weighted by Gasteiger charge is -2.25. The molecule has 1 fully saturated rings. The zero-order chi connectivity index (χ0) is 13.7. The van der Waals surface area contributed by atoms with Crippen LogP contribution in [0.25, 0.3) is 0 Å². The lowest BCUT2D eigenvalue weighted by atomic mass is 10.0. The molecule has 0 spiro atoms. The summed E-state index contributed by atoms with van der Waals surface area (Å²) in [5.74, 6) is 0. The smallest absolute Gasteiger partial charge is 0.0237 e. The van der Waals surface area contributed by atoms with E-state index in [-0.39, 0.29) is 0 Å². The average Bonchev–Trinajstić information content (AvgIpc) is 2.60. The molecule has 0 bridgehead atoms. The Morgan fingerprint density at radius 2 is 2.16 bits per heavy atom.